The molecule has 0 radical (unpaired) electrons. The van der Waals surface area contributed by atoms with Gasteiger partial charge < -0.3 is 20.8 Å². The maximum absolute atomic E-state index is 13.2. The van der Waals surface area contributed by atoms with Crippen molar-refractivity contribution >= 4 is 75.0 Å². The molecule has 2 bridgehead atoms. The lowest BCUT2D eigenvalue weighted by molar-refractivity contribution is -0.138. The number of sulfone groups is 1. The van der Waals surface area contributed by atoms with Crippen LogP contribution in [0.3, 0.4) is 0 Å². The van der Waals surface area contributed by atoms with E-state index in [9.17, 15) is 79.2 Å². The SMILES string of the molecule is CC(C)(C)S(=O)(=O)Nc1ccc(C(F)(F)F)cc1C(=O)NC1CC2CCC(C1)N2.CC(C)(C)S(=O)(=O)Nc1ccc(C(F)(F)F)cc1C(=O)O.CS(C)(=O)=O.O=C(O)c1cc(C(F)(F)F)ccc1Br. The van der Waals surface area contributed by atoms with Crippen LogP contribution < -0.4 is 20.1 Å². The number of alkyl halides is 9. The number of halogens is 10. The third kappa shape index (κ3) is 18.5. The number of rotatable bonds is 8. The summed E-state index contributed by atoms with van der Waals surface area (Å²) in [6.07, 6.45) is -8.15. The first kappa shape index (κ1) is 60.5. The quantitative estimate of drug-likeness (QED) is 0.116. The number of nitrogens with one attached hydrogen (secondary N) is 4. The Kier molecular flexibility index (Phi) is 19.4. The van der Waals surface area contributed by atoms with Gasteiger partial charge in [0.15, 0.2) is 0 Å². The second kappa shape index (κ2) is 22.2. The lowest BCUT2D eigenvalue weighted by Crippen LogP contribution is -2.48. The molecule has 388 valence electrons. The molecule has 2 unspecified atom stereocenters. The minimum atomic E-state index is -4.72. The van der Waals surface area contributed by atoms with Crippen LogP contribution in [0.25, 0.3) is 0 Å². The summed E-state index contributed by atoms with van der Waals surface area (Å²) in [6.45, 7) is 8.51. The maximum Gasteiger partial charge on any atom is 0.416 e. The molecule has 0 spiro atoms. The predicted molar refractivity (Wildman–Crippen MR) is 242 cm³/mol. The van der Waals surface area contributed by atoms with E-state index in [1.54, 1.807) is 0 Å². The first-order valence-electron chi connectivity index (χ1n) is 19.9. The Hall–Kier alpha value is -4.67. The van der Waals surface area contributed by atoms with Crippen molar-refractivity contribution in [3.8, 4) is 0 Å². The number of piperidine rings is 1. The molecule has 5 rings (SSSR count). The van der Waals surface area contributed by atoms with E-state index in [1.807, 2.05) is 4.72 Å². The van der Waals surface area contributed by atoms with Gasteiger partial charge in [-0.25, -0.2) is 34.8 Å². The number of sulfonamides is 2. The summed E-state index contributed by atoms with van der Waals surface area (Å²) in [4.78, 5) is 34.4. The molecule has 0 saturated carbocycles. The van der Waals surface area contributed by atoms with Gasteiger partial charge in [0, 0.05) is 35.1 Å². The number of carbonyl (C=O) groups is 3. The van der Waals surface area contributed by atoms with Crippen molar-refractivity contribution < 1.29 is 89.4 Å². The highest BCUT2D eigenvalue weighted by Crippen LogP contribution is 2.36. The van der Waals surface area contributed by atoms with E-state index in [1.165, 1.54) is 41.5 Å². The molecule has 2 saturated heterocycles. The van der Waals surface area contributed by atoms with E-state index >= 15 is 0 Å². The van der Waals surface area contributed by atoms with Gasteiger partial charge in [-0.1, -0.05) is 0 Å². The van der Waals surface area contributed by atoms with Gasteiger partial charge in [0.1, 0.15) is 9.84 Å². The van der Waals surface area contributed by atoms with Crippen LogP contribution in [0.5, 0.6) is 0 Å². The molecule has 15 nitrogen and oxygen atoms in total. The van der Waals surface area contributed by atoms with Crippen LogP contribution in [0.4, 0.5) is 50.9 Å². The fraction of sp³-hybridized carbons (Fsp3) is 0.488. The number of carboxylic acid groups (broad SMARTS) is 2. The van der Waals surface area contributed by atoms with E-state index in [0.717, 1.165) is 55.7 Å². The Morgan fingerprint density at radius 2 is 0.899 bits per heavy atom. The average Bonchev–Trinajstić information content (AvgIpc) is 3.49. The fourth-order valence-corrected chi connectivity index (χ4v) is 7.85. The van der Waals surface area contributed by atoms with Crippen molar-refractivity contribution in [1.82, 2.24) is 10.6 Å². The zero-order valence-electron chi connectivity index (χ0n) is 37.8. The summed E-state index contributed by atoms with van der Waals surface area (Å²) in [7, 11) is -10.5. The molecule has 2 fully saturated rings. The number of carbonyl (C=O) groups excluding carboxylic acids is 1. The van der Waals surface area contributed by atoms with E-state index in [4.69, 9.17) is 10.2 Å². The van der Waals surface area contributed by atoms with Gasteiger partial charge in [-0.2, -0.15) is 39.5 Å². The van der Waals surface area contributed by atoms with E-state index < -0.39 is 109 Å². The smallest absolute Gasteiger partial charge is 0.416 e. The van der Waals surface area contributed by atoms with Crippen molar-refractivity contribution in [3.63, 3.8) is 0 Å². The predicted octanol–water partition coefficient (Wildman–Crippen LogP) is 9.03. The molecule has 0 aliphatic carbocycles. The fourth-order valence-electron chi connectivity index (χ4n) is 5.88. The molecule has 28 heteroatoms. The zero-order chi connectivity index (χ0) is 53.7. The molecule has 1 amide bonds. The highest BCUT2D eigenvalue weighted by Gasteiger charge is 2.38. The third-order valence-corrected chi connectivity index (χ3v) is 14.5. The molecule has 2 aliphatic rings. The lowest BCUT2D eigenvalue weighted by Gasteiger charge is -2.30. The number of hydrogen-bond acceptors (Lipinski definition) is 10. The Labute approximate surface area is 401 Å². The van der Waals surface area contributed by atoms with Gasteiger partial charge in [0.05, 0.1) is 54.2 Å². The number of aromatic carboxylic acids is 2. The maximum atomic E-state index is 13.2. The van der Waals surface area contributed by atoms with Crippen LogP contribution in [0, 0.1) is 0 Å². The molecular formula is C41H50BrF9N4O11S3. The molecule has 3 aromatic carbocycles. The largest absolute Gasteiger partial charge is 0.478 e. The van der Waals surface area contributed by atoms with Crippen LogP contribution in [0.1, 0.15) is 115 Å². The van der Waals surface area contributed by atoms with Crippen LogP contribution in [-0.4, -0.2) is 93.4 Å². The Bertz CT molecular complexity index is 2680. The Morgan fingerprint density at radius 1 is 0.580 bits per heavy atom. The molecule has 69 heavy (non-hydrogen) atoms. The summed E-state index contributed by atoms with van der Waals surface area (Å²) >= 11 is 2.85. The Balaban J connectivity index is 0.000000357. The topological polar surface area (TPSA) is 242 Å². The number of carboxylic acids is 2. The highest BCUT2D eigenvalue weighted by molar-refractivity contribution is 9.10. The Morgan fingerprint density at radius 3 is 1.23 bits per heavy atom. The summed E-state index contributed by atoms with van der Waals surface area (Å²) in [5.74, 6) is -3.77. The standard InChI is InChI=1S/C19H26F3N3O3S.C12H14F3NO4S.C8H4BrF3O2.C2H6O2S/c1-18(2,3)29(27,28)25-16-7-4-11(19(20,21)22)8-15(16)17(26)24-14-9-12-5-6-13(10-14)23-12;1-11(2,3)21(19,20)16-9-5-4-7(12(13,14)15)6-8(9)10(17)18;9-6-2-1-4(8(10,11)12)3-5(6)7(13)14;1-5(2,3)4/h4,7-8,12-14,23,25H,5-6,9-10H2,1-3H3,(H,24,26);4-6,16H,1-3H3,(H,17,18);1-3H,(H,13,14);1-2H3. The van der Waals surface area contributed by atoms with Gasteiger partial charge in [0.25, 0.3) is 5.91 Å². The van der Waals surface area contributed by atoms with Crippen molar-refractivity contribution in [2.45, 2.75) is 113 Å². The molecular weight excluding hydrogens is 1070 g/mol. The van der Waals surface area contributed by atoms with Crippen molar-refractivity contribution in [3.05, 3.63) is 92.5 Å². The van der Waals surface area contributed by atoms with Gasteiger partial charge >= 0.3 is 30.5 Å². The molecule has 2 heterocycles. The normalized spacial score (nSPS) is 17.6. The van der Waals surface area contributed by atoms with Crippen LogP contribution in [0.2, 0.25) is 0 Å². The molecule has 0 aromatic heterocycles. The van der Waals surface area contributed by atoms with Crippen molar-refractivity contribution in [1.29, 1.82) is 0 Å². The number of benzene rings is 3. The molecule has 6 N–H and O–H groups in total. The molecule has 2 atom stereocenters. The van der Waals surface area contributed by atoms with Gasteiger partial charge in [-0.05, 0) is 138 Å². The van der Waals surface area contributed by atoms with Crippen molar-refractivity contribution in [2.75, 3.05) is 22.0 Å². The van der Waals surface area contributed by atoms with Crippen LogP contribution in [0.15, 0.2) is 59.1 Å². The lowest BCUT2D eigenvalue weighted by atomic mass is 9.99. The zero-order valence-corrected chi connectivity index (χ0v) is 41.9. The monoisotopic (exact) mass is 1120 g/mol. The third-order valence-electron chi connectivity index (χ3n) is 9.60. The second-order valence-corrected chi connectivity index (χ2v) is 25.7. The van der Waals surface area contributed by atoms with E-state index in [2.05, 4.69) is 31.3 Å². The van der Waals surface area contributed by atoms with Crippen molar-refractivity contribution in [2.24, 2.45) is 0 Å². The summed E-state index contributed by atoms with van der Waals surface area (Å²) in [5, 5.41) is 23.7. The molecule has 2 aliphatic heterocycles. The summed E-state index contributed by atoms with van der Waals surface area (Å²) < 4.78 is 184. The summed E-state index contributed by atoms with van der Waals surface area (Å²) in [5.41, 5.74) is -5.23. The average molecular weight is 1120 g/mol. The molecule has 3 aromatic rings. The summed E-state index contributed by atoms with van der Waals surface area (Å²) in [6, 6.07) is 7.14. The van der Waals surface area contributed by atoms with E-state index in [0.29, 0.717) is 49.2 Å². The minimum absolute atomic E-state index is 0.123. The number of hydrogen-bond donors (Lipinski definition) is 6. The number of amides is 1. The van der Waals surface area contributed by atoms with Crippen LogP contribution >= 0.6 is 15.9 Å². The van der Waals surface area contributed by atoms with Gasteiger partial charge in [-0.3, -0.25) is 14.2 Å². The highest BCUT2D eigenvalue weighted by atomic mass is 79.9. The van der Waals surface area contributed by atoms with Crippen LogP contribution in [-0.2, 0) is 48.4 Å². The van der Waals surface area contributed by atoms with Gasteiger partial charge in [-0.15, -0.1) is 0 Å². The van der Waals surface area contributed by atoms with Gasteiger partial charge in [0.2, 0.25) is 20.0 Å². The first-order valence-corrected chi connectivity index (χ1v) is 25.9. The number of fused-ring (bicyclic) bond motifs is 2. The second-order valence-electron chi connectivity index (χ2n) is 17.7. The number of anilines is 2. The van der Waals surface area contributed by atoms with E-state index in [-0.39, 0.29) is 21.8 Å². The minimum Gasteiger partial charge on any atom is -0.478 e. The first-order chi connectivity index (χ1) is 30.8.